The third-order valence-electron chi connectivity index (χ3n) is 4.67. The van der Waals surface area contributed by atoms with Gasteiger partial charge in [0.2, 0.25) is 0 Å². The van der Waals surface area contributed by atoms with Crippen LogP contribution >= 0.6 is 0 Å². The zero-order valence-electron chi connectivity index (χ0n) is 12.1. The highest BCUT2D eigenvalue weighted by atomic mass is 15.3. The summed E-state index contributed by atoms with van der Waals surface area (Å²) in [6.07, 6.45) is 3.81. The second kappa shape index (κ2) is 4.45. The van der Waals surface area contributed by atoms with Gasteiger partial charge in [-0.2, -0.15) is 5.10 Å². The minimum atomic E-state index is 0.449. The molecule has 0 spiro atoms. The summed E-state index contributed by atoms with van der Waals surface area (Å²) in [5.41, 5.74) is 2.28. The number of fused-ring (bicyclic) bond motifs is 2. The molecule has 2 fully saturated rings. The maximum absolute atomic E-state index is 4.65. The van der Waals surface area contributed by atoms with Crippen molar-refractivity contribution in [2.24, 2.45) is 11.8 Å². The van der Waals surface area contributed by atoms with E-state index in [2.05, 4.69) is 40.2 Å². The summed E-state index contributed by atoms with van der Waals surface area (Å²) in [4.78, 5) is 7.08. The summed E-state index contributed by atoms with van der Waals surface area (Å²) in [5.74, 6) is 3.11. The predicted molar refractivity (Wildman–Crippen MR) is 79.1 cm³/mol. The molecular weight excluding hydrogens is 250 g/mol. The van der Waals surface area contributed by atoms with Crippen molar-refractivity contribution in [2.45, 2.75) is 19.8 Å². The number of anilines is 1. The van der Waals surface area contributed by atoms with Crippen molar-refractivity contribution in [3.05, 3.63) is 24.2 Å². The van der Waals surface area contributed by atoms with Gasteiger partial charge in [0.05, 0.1) is 5.69 Å². The molecule has 0 unspecified atom stereocenters. The molecule has 0 saturated carbocycles. The average Bonchev–Trinajstić information content (AvgIpc) is 3.11. The van der Waals surface area contributed by atoms with Crippen molar-refractivity contribution in [3.63, 3.8) is 0 Å². The molecule has 20 heavy (non-hydrogen) atoms. The number of nitrogens with zero attached hydrogens (tertiary/aromatic N) is 4. The first-order valence-electron chi connectivity index (χ1n) is 7.52. The van der Waals surface area contributed by atoms with Gasteiger partial charge in [-0.15, -0.1) is 0 Å². The van der Waals surface area contributed by atoms with Crippen molar-refractivity contribution < 1.29 is 0 Å². The predicted octanol–water partition coefficient (Wildman–Crippen LogP) is 1.51. The van der Waals surface area contributed by atoms with Crippen LogP contribution < -0.4 is 10.2 Å². The quantitative estimate of drug-likeness (QED) is 0.899. The molecule has 0 radical (unpaired) electrons. The fourth-order valence-corrected chi connectivity index (χ4v) is 3.48. The highest BCUT2D eigenvalue weighted by molar-refractivity contribution is 5.69. The number of nitrogens with one attached hydrogen (secondary N) is 1. The van der Waals surface area contributed by atoms with E-state index in [-0.39, 0.29) is 0 Å². The van der Waals surface area contributed by atoms with Crippen LogP contribution in [0.2, 0.25) is 0 Å². The molecule has 2 aliphatic heterocycles. The Morgan fingerprint density at radius 2 is 2.00 bits per heavy atom. The molecule has 106 valence electrons. The van der Waals surface area contributed by atoms with Crippen LogP contribution in [0.3, 0.4) is 0 Å². The van der Waals surface area contributed by atoms with E-state index in [1.54, 1.807) is 0 Å². The van der Waals surface area contributed by atoms with Gasteiger partial charge in [0.25, 0.3) is 0 Å². The highest BCUT2D eigenvalue weighted by Crippen LogP contribution is 2.32. The molecule has 2 saturated heterocycles. The molecule has 4 rings (SSSR count). The van der Waals surface area contributed by atoms with Crippen LogP contribution in [0.4, 0.5) is 5.82 Å². The minimum Gasteiger partial charge on any atom is -0.354 e. The van der Waals surface area contributed by atoms with Gasteiger partial charge in [0.1, 0.15) is 5.52 Å². The minimum absolute atomic E-state index is 0.449. The van der Waals surface area contributed by atoms with E-state index in [1.807, 2.05) is 16.9 Å². The SMILES string of the molecule is CC(C)c1cc2c(N3C[C@H]4CNC[C@H]4C3)nccn2n1. The van der Waals surface area contributed by atoms with E-state index in [0.29, 0.717) is 5.92 Å². The van der Waals surface area contributed by atoms with Gasteiger partial charge in [-0.05, 0) is 23.8 Å². The molecule has 2 aromatic heterocycles. The van der Waals surface area contributed by atoms with Crippen molar-refractivity contribution in [1.29, 1.82) is 0 Å². The molecular formula is C15H21N5. The van der Waals surface area contributed by atoms with Gasteiger partial charge in [0, 0.05) is 38.6 Å². The van der Waals surface area contributed by atoms with Crippen LogP contribution in [0.1, 0.15) is 25.5 Å². The van der Waals surface area contributed by atoms with E-state index >= 15 is 0 Å². The molecule has 1 N–H and O–H groups in total. The molecule has 0 bridgehead atoms. The number of hydrogen-bond acceptors (Lipinski definition) is 4. The van der Waals surface area contributed by atoms with Crippen LogP contribution in [-0.2, 0) is 0 Å². The van der Waals surface area contributed by atoms with Crippen LogP contribution in [0.15, 0.2) is 18.5 Å². The van der Waals surface area contributed by atoms with Crippen LogP contribution in [0.5, 0.6) is 0 Å². The lowest BCUT2D eigenvalue weighted by atomic mass is 10.0. The summed E-state index contributed by atoms with van der Waals surface area (Å²) in [6, 6.07) is 2.19. The smallest absolute Gasteiger partial charge is 0.154 e. The first-order valence-corrected chi connectivity index (χ1v) is 7.52. The Morgan fingerprint density at radius 3 is 2.70 bits per heavy atom. The molecule has 5 heteroatoms. The lowest BCUT2D eigenvalue weighted by molar-refractivity contribution is 0.533. The number of rotatable bonds is 2. The van der Waals surface area contributed by atoms with Gasteiger partial charge in [-0.1, -0.05) is 13.8 Å². The second-order valence-electron chi connectivity index (χ2n) is 6.39. The Kier molecular flexibility index (Phi) is 2.70. The van der Waals surface area contributed by atoms with Crippen molar-refractivity contribution in [3.8, 4) is 0 Å². The number of hydrogen-bond donors (Lipinski definition) is 1. The molecule has 2 aliphatic rings. The van der Waals surface area contributed by atoms with E-state index in [1.165, 1.54) is 0 Å². The zero-order chi connectivity index (χ0) is 13.7. The molecule has 0 amide bonds. The van der Waals surface area contributed by atoms with E-state index in [0.717, 1.165) is 55.0 Å². The Labute approximate surface area is 119 Å². The van der Waals surface area contributed by atoms with E-state index in [4.69, 9.17) is 0 Å². The van der Waals surface area contributed by atoms with Crippen molar-refractivity contribution in [2.75, 3.05) is 31.1 Å². The van der Waals surface area contributed by atoms with Crippen molar-refractivity contribution >= 4 is 11.3 Å². The highest BCUT2D eigenvalue weighted by Gasteiger charge is 2.37. The van der Waals surface area contributed by atoms with Gasteiger partial charge >= 0.3 is 0 Å². The Hall–Kier alpha value is -1.62. The van der Waals surface area contributed by atoms with Gasteiger partial charge in [0.15, 0.2) is 5.82 Å². The lowest BCUT2D eigenvalue weighted by Gasteiger charge is -2.19. The monoisotopic (exact) mass is 271 g/mol. The Morgan fingerprint density at radius 1 is 1.25 bits per heavy atom. The Balaban J connectivity index is 1.72. The maximum Gasteiger partial charge on any atom is 0.154 e. The number of aromatic nitrogens is 3. The normalized spacial score (nSPS) is 25.9. The molecule has 0 aliphatic carbocycles. The van der Waals surface area contributed by atoms with Crippen LogP contribution in [0.25, 0.3) is 5.52 Å². The zero-order valence-corrected chi connectivity index (χ0v) is 12.1. The summed E-state index contributed by atoms with van der Waals surface area (Å²) in [5, 5.41) is 8.14. The summed E-state index contributed by atoms with van der Waals surface area (Å²) in [6.45, 7) is 8.90. The molecule has 4 heterocycles. The molecule has 0 aromatic carbocycles. The third kappa shape index (κ3) is 1.80. The third-order valence-corrected chi connectivity index (χ3v) is 4.67. The summed E-state index contributed by atoms with van der Waals surface area (Å²) >= 11 is 0. The second-order valence-corrected chi connectivity index (χ2v) is 6.39. The average molecular weight is 271 g/mol. The standard InChI is InChI=1S/C15H21N5/c1-10(2)13-5-14-15(17-3-4-20(14)18-13)19-8-11-6-16-7-12(11)9-19/h3-5,10-12,16H,6-9H2,1-2H3/t11-,12+. The largest absolute Gasteiger partial charge is 0.354 e. The first-order chi connectivity index (χ1) is 9.72. The van der Waals surface area contributed by atoms with Crippen molar-refractivity contribution in [1.82, 2.24) is 19.9 Å². The van der Waals surface area contributed by atoms with Gasteiger partial charge in [-0.3, -0.25) is 0 Å². The lowest BCUT2D eigenvalue weighted by Crippen LogP contribution is -2.26. The molecule has 5 nitrogen and oxygen atoms in total. The summed E-state index contributed by atoms with van der Waals surface area (Å²) in [7, 11) is 0. The van der Waals surface area contributed by atoms with E-state index < -0.39 is 0 Å². The molecule has 2 aromatic rings. The molecule has 2 atom stereocenters. The summed E-state index contributed by atoms with van der Waals surface area (Å²) < 4.78 is 1.98. The fourth-order valence-electron chi connectivity index (χ4n) is 3.48. The van der Waals surface area contributed by atoms with Crippen LogP contribution in [0, 0.1) is 11.8 Å². The van der Waals surface area contributed by atoms with Crippen LogP contribution in [-0.4, -0.2) is 40.8 Å². The van der Waals surface area contributed by atoms with Gasteiger partial charge in [-0.25, -0.2) is 9.50 Å². The van der Waals surface area contributed by atoms with Gasteiger partial charge < -0.3 is 10.2 Å². The van der Waals surface area contributed by atoms with E-state index in [9.17, 15) is 0 Å². The topological polar surface area (TPSA) is 45.5 Å². The maximum atomic E-state index is 4.65. The Bertz CT molecular complexity index is 620. The fraction of sp³-hybridized carbons (Fsp3) is 0.600. The first kappa shape index (κ1) is 12.1.